The largest absolute Gasteiger partial charge is 0.467 e. The van der Waals surface area contributed by atoms with Crippen molar-refractivity contribution in [3.8, 4) is 12.0 Å². The number of aryl methyl sites for hydroxylation is 1. The lowest BCUT2D eigenvalue weighted by Crippen LogP contribution is -2.10. The number of benzene rings is 2. The first-order valence-corrected chi connectivity index (χ1v) is 8.21. The Kier molecular flexibility index (Phi) is 3.89. The lowest BCUT2D eigenvalue weighted by atomic mass is 10.2. The number of fused-ring (bicyclic) bond motifs is 1. The summed E-state index contributed by atoms with van der Waals surface area (Å²) >= 11 is 5.98. The Labute approximate surface area is 149 Å². The van der Waals surface area contributed by atoms with Crippen molar-refractivity contribution in [2.75, 3.05) is 7.11 Å². The van der Waals surface area contributed by atoms with Gasteiger partial charge in [0.25, 0.3) is 5.95 Å². The maximum Gasteiger partial charge on any atom is 0.318 e. The molecule has 7 heteroatoms. The number of para-hydroxylation sites is 1. The molecule has 6 nitrogen and oxygen atoms in total. The highest BCUT2D eigenvalue weighted by Gasteiger charge is 2.18. The van der Waals surface area contributed by atoms with Gasteiger partial charge in [-0.15, -0.1) is 5.10 Å². The summed E-state index contributed by atoms with van der Waals surface area (Å²) in [5, 5.41) is 14.9. The Bertz CT molecular complexity index is 1040. The summed E-state index contributed by atoms with van der Waals surface area (Å²) in [4.78, 5) is 0. The molecule has 0 spiro atoms. The van der Waals surface area contributed by atoms with Gasteiger partial charge in [-0.3, -0.25) is 4.57 Å². The second-order valence-corrected chi connectivity index (χ2v) is 6.15. The lowest BCUT2D eigenvalue weighted by molar-refractivity contribution is 0.359. The molecule has 126 valence electrons. The number of hydrogen-bond donors (Lipinski definition) is 0. The molecule has 0 bridgehead atoms. The number of rotatable bonds is 4. The predicted octanol–water partition coefficient (Wildman–Crippen LogP) is 3.64. The van der Waals surface area contributed by atoms with Gasteiger partial charge in [0.05, 0.1) is 24.9 Å². The van der Waals surface area contributed by atoms with Crippen LogP contribution in [0.4, 0.5) is 0 Å². The van der Waals surface area contributed by atoms with Crippen LogP contribution in [0.5, 0.6) is 6.01 Å². The maximum atomic E-state index is 5.98. The Hall–Kier alpha value is -2.86. The van der Waals surface area contributed by atoms with Crippen molar-refractivity contribution in [2.45, 2.75) is 13.5 Å². The van der Waals surface area contributed by atoms with Crippen LogP contribution in [0.25, 0.3) is 16.9 Å². The van der Waals surface area contributed by atoms with E-state index in [2.05, 4.69) is 15.3 Å². The van der Waals surface area contributed by atoms with Gasteiger partial charge in [0.15, 0.2) is 0 Å². The molecule has 0 atom stereocenters. The van der Waals surface area contributed by atoms with E-state index in [-0.39, 0.29) is 0 Å². The van der Waals surface area contributed by atoms with E-state index in [9.17, 15) is 0 Å². The summed E-state index contributed by atoms with van der Waals surface area (Å²) in [6.07, 6.45) is 0. The quantitative estimate of drug-likeness (QED) is 0.562. The third kappa shape index (κ3) is 2.74. The SMILES string of the molecule is COc1nnc(-n2nc(C)c3ccccc32)n1Cc1ccc(Cl)cc1. The van der Waals surface area contributed by atoms with Crippen LogP contribution < -0.4 is 4.74 Å². The van der Waals surface area contributed by atoms with E-state index >= 15 is 0 Å². The normalized spacial score (nSPS) is 11.2. The third-order valence-electron chi connectivity index (χ3n) is 4.10. The first-order chi connectivity index (χ1) is 12.2. The molecule has 0 saturated heterocycles. The van der Waals surface area contributed by atoms with E-state index in [1.807, 2.05) is 60.0 Å². The standard InChI is InChI=1S/C18H16ClN5O/c1-12-15-5-3-4-6-16(15)24(22-12)17-20-21-18(25-2)23(17)11-13-7-9-14(19)10-8-13/h3-10H,11H2,1-2H3. The fraction of sp³-hybridized carbons (Fsp3) is 0.167. The van der Waals surface area contributed by atoms with Crippen LogP contribution in [-0.4, -0.2) is 31.7 Å². The molecule has 4 aromatic rings. The first-order valence-electron chi connectivity index (χ1n) is 7.84. The van der Waals surface area contributed by atoms with Crippen LogP contribution in [0.1, 0.15) is 11.3 Å². The van der Waals surface area contributed by atoms with E-state index < -0.39 is 0 Å². The van der Waals surface area contributed by atoms with Gasteiger partial charge in [-0.1, -0.05) is 47.0 Å². The van der Waals surface area contributed by atoms with Crippen LogP contribution in [0.15, 0.2) is 48.5 Å². The van der Waals surface area contributed by atoms with Crippen molar-refractivity contribution in [1.29, 1.82) is 0 Å². The molecular formula is C18H16ClN5O. The van der Waals surface area contributed by atoms with Crippen molar-refractivity contribution in [3.63, 3.8) is 0 Å². The summed E-state index contributed by atoms with van der Waals surface area (Å²) in [7, 11) is 1.58. The molecule has 0 fully saturated rings. The number of nitrogens with zero attached hydrogens (tertiary/aromatic N) is 5. The van der Waals surface area contributed by atoms with Gasteiger partial charge in [-0.2, -0.15) is 9.78 Å². The highest BCUT2D eigenvalue weighted by atomic mass is 35.5. The number of methoxy groups -OCH3 is 1. The number of aromatic nitrogens is 5. The van der Waals surface area contributed by atoms with E-state index in [0.29, 0.717) is 23.5 Å². The smallest absolute Gasteiger partial charge is 0.318 e. The van der Waals surface area contributed by atoms with Crippen LogP contribution in [-0.2, 0) is 6.54 Å². The number of ether oxygens (including phenoxy) is 1. The van der Waals surface area contributed by atoms with Crippen LogP contribution in [0.2, 0.25) is 5.02 Å². The number of hydrogen-bond acceptors (Lipinski definition) is 4. The summed E-state index contributed by atoms with van der Waals surface area (Å²) in [5.41, 5.74) is 2.99. The van der Waals surface area contributed by atoms with Crippen molar-refractivity contribution in [3.05, 3.63) is 64.8 Å². The zero-order valence-electron chi connectivity index (χ0n) is 13.8. The Morgan fingerprint density at radius 2 is 1.80 bits per heavy atom. The van der Waals surface area contributed by atoms with E-state index in [1.54, 1.807) is 11.8 Å². The Morgan fingerprint density at radius 3 is 2.56 bits per heavy atom. The van der Waals surface area contributed by atoms with Crippen LogP contribution in [0.3, 0.4) is 0 Å². The molecule has 2 heterocycles. The lowest BCUT2D eigenvalue weighted by Gasteiger charge is -2.10. The molecule has 0 unspecified atom stereocenters. The van der Waals surface area contributed by atoms with Crippen LogP contribution >= 0.6 is 11.6 Å². The first kappa shape index (κ1) is 15.7. The second-order valence-electron chi connectivity index (χ2n) is 5.71. The van der Waals surface area contributed by atoms with Crippen molar-refractivity contribution in [1.82, 2.24) is 24.5 Å². The molecule has 2 aromatic heterocycles. The summed E-state index contributed by atoms with van der Waals surface area (Å²) in [6, 6.07) is 16.1. The molecule has 0 aliphatic heterocycles. The Morgan fingerprint density at radius 1 is 1.04 bits per heavy atom. The van der Waals surface area contributed by atoms with Gasteiger partial charge in [0.2, 0.25) is 0 Å². The highest BCUT2D eigenvalue weighted by molar-refractivity contribution is 6.30. The molecule has 2 aromatic carbocycles. The van der Waals surface area contributed by atoms with Crippen molar-refractivity contribution < 1.29 is 4.74 Å². The molecule has 25 heavy (non-hydrogen) atoms. The summed E-state index contributed by atoms with van der Waals surface area (Å²) < 4.78 is 9.08. The molecule has 0 saturated carbocycles. The van der Waals surface area contributed by atoms with Gasteiger partial charge in [0.1, 0.15) is 0 Å². The minimum atomic E-state index is 0.433. The summed E-state index contributed by atoms with van der Waals surface area (Å²) in [5.74, 6) is 0.608. The fourth-order valence-electron chi connectivity index (χ4n) is 2.87. The van der Waals surface area contributed by atoms with Gasteiger partial charge in [-0.25, -0.2) is 0 Å². The third-order valence-corrected chi connectivity index (χ3v) is 4.35. The van der Waals surface area contributed by atoms with Gasteiger partial charge >= 0.3 is 6.01 Å². The molecule has 0 aliphatic rings. The average Bonchev–Trinajstić information content (AvgIpc) is 3.18. The zero-order valence-corrected chi connectivity index (χ0v) is 14.6. The number of halogens is 1. The van der Waals surface area contributed by atoms with Gasteiger partial charge in [0, 0.05) is 10.4 Å². The topological polar surface area (TPSA) is 57.8 Å². The molecule has 0 amide bonds. The van der Waals surface area contributed by atoms with E-state index in [4.69, 9.17) is 16.3 Å². The van der Waals surface area contributed by atoms with Crippen molar-refractivity contribution in [2.24, 2.45) is 0 Å². The van der Waals surface area contributed by atoms with Gasteiger partial charge < -0.3 is 4.74 Å². The molecular weight excluding hydrogens is 338 g/mol. The molecule has 0 radical (unpaired) electrons. The zero-order chi connectivity index (χ0) is 17.4. The van der Waals surface area contributed by atoms with Gasteiger partial charge in [-0.05, 0) is 30.7 Å². The minimum Gasteiger partial charge on any atom is -0.467 e. The molecule has 0 N–H and O–H groups in total. The fourth-order valence-corrected chi connectivity index (χ4v) is 3.00. The molecule has 4 rings (SSSR count). The minimum absolute atomic E-state index is 0.433. The molecule has 0 aliphatic carbocycles. The van der Waals surface area contributed by atoms with Crippen LogP contribution in [0, 0.1) is 6.92 Å². The van der Waals surface area contributed by atoms with E-state index in [1.165, 1.54) is 0 Å². The highest BCUT2D eigenvalue weighted by Crippen LogP contribution is 2.23. The second kappa shape index (κ2) is 6.22. The monoisotopic (exact) mass is 353 g/mol. The van der Waals surface area contributed by atoms with Crippen molar-refractivity contribution >= 4 is 22.5 Å². The average molecular weight is 354 g/mol. The predicted molar refractivity (Wildman–Crippen MR) is 96.5 cm³/mol. The van der Waals surface area contributed by atoms with E-state index in [0.717, 1.165) is 22.2 Å². The summed E-state index contributed by atoms with van der Waals surface area (Å²) in [6.45, 7) is 2.53. The maximum absolute atomic E-state index is 5.98. The Balaban J connectivity index is 1.85.